The lowest BCUT2D eigenvalue weighted by Gasteiger charge is -2.04. The molecule has 0 spiro atoms. The maximum Gasteiger partial charge on any atom is 0.349 e. The standard InChI is InChI=1S/C11H8FNO5S/c12-8-3-1-2-4-9(8)18-6-7-5-10(11(14)15)19(16,17)13-7/h1-5H,6H2,(H,14,15). The molecule has 0 fully saturated rings. The van der Waals surface area contributed by atoms with Crippen LogP contribution in [-0.2, 0) is 14.8 Å². The van der Waals surface area contributed by atoms with E-state index in [0.717, 1.165) is 6.08 Å². The highest BCUT2D eigenvalue weighted by Crippen LogP contribution is 2.19. The van der Waals surface area contributed by atoms with Crippen molar-refractivity contribution in [2.24, 2.45) is 4.40 Å². The van der Waals surface area contributed by atoms with E-state index in [-0.39, 0.29) is 18.1 Å². The van der Waals surface area contributed by atoms with Crippen molar-refractivity contribution in [3.63, 3.8) is 0 Å². The quantitative estimate of drug-likeness (QED) is 0.889. The summed E-state index contributed by atoms with van der Waals surface area (Å²) in [6.07, 6.45) is 0.887. The fourth-order valence-corrected chi connectivity index (χ4v) is 2.43. The smallest absolute Gasteiger partial charge is 0.349 e. The molecule has 1 N–H and O–H groups in total. The molecule has 1 aliphatic rings. The number of hydrogen-bond donors (Lipinski definition) is 1. The number of carboxylic acid groups (broad SMARTS) is 1. The molecular weight excluding hydrogens is 277 g/mol. The molecule has 0 aromatic heterocycles. The van der Waals surface area contributed by atoms with Crippen LogP contribution in [-0.4, -0.2) is 31.8 Å². The summed E-state index contributed by atoms with van der Waals surface area (Å²) in [7, 11) is -4.17. The molecule has 1 aromatic carbocycles. The van der Waals surface area contributed by atoms with E-state index >= 15 is 0 Å². The minimum Gasteiger partial charge on any atom is -0.484 e. The van der Waals surface area contributed by atoms with Gasteiger partial charge in [-0.25, -0.2) is 9.18 Å². The summed E-state index contributed by atoms with van der Waals surface area (Å²) in [5.41, 5.74) is -0.0966. The largest absolute Gasteiger partial charge is 0.484 e. The molecule has 1 aliphatic heterocycles. The summed E-state index contributed by atoms with van der Waals surface area (Å²) in [6, 6.07) is 5.56. The number of rotatable bonds is 4. The third-order valence-electron chi connectivity index (χ3n) is 2.24. The maximum absolute atomic E-state index is 13.2. The number of carboxylic acids is 1. The van der Waals surface area contributed by atoms with Crippen LogP contribution in [0, 0.1) is 5.82 Å². The summed E-state index contributed by atoms with van der Waals surface area (Å²) in [5.74, 6) is -2.27. The number of benzene rings is 1. The molecule has 0 bridgehead atoms. The number of ether oxygens (including phenoxy) is 1. The number of nitrogens with zero attached hydrogens (tertiary/aromatic N) is 1. The molecule has 0 saturated carbocycles. The van der Waals surface area contributed by atoms with E-state index in [1.165, 1.54) is 18.2 Å². The van der Waals surface area contributed by atoms with Gasteiger partial charge in [-0.3, -0.25) is 0 Å². The Balaban J connectivity index is 2.15. The molecule has 0 atom stereocenters. The third kappa shape index (κ3) is 2.79. The van der Waals surface area contributed by atoms with Gasteiger partial charge in [-0.15, -0.1) is 0 Å². The fraction of sp³-hybridized carbons (Fsp3) is 0.0909. The van der Waals surface area contributed by atoms with E-state index in [1.54, 1.807) is 6.07 Å². The predicted octanol–water partition coefficient (Wildman–Crippen LogP) is 0.957. The Labute approximate surface area is 107 Å². The van der Waals surface area contributed by atoms with Crippen molar-refractivity contribution < 1.29 is 27.4 Å². The van der Waals surface area contributed by atoms with Crippen molar-refractivity contribution in [2.75, 3.05) is 6.61 Å². The normalized spacial score (nSPS) is 16.7. The summed E-state index contributed by atoms with van der Waals surface area (Å²) >= 11 is 0. The minimum atomic E-state index is -4.17. The number of hydrogen-bond acceptors (Lipinski definition) is 4. The van der Waals surface area contributed by atoms with Crippen LogP contribution in [0.25, 0.3) is 0 Å². The zero-order valence-corrected chi connectivity index (χ0v) is 10.2. The van der Waals surface area contributed by atoms with Gasteiger partial charge in [0, 0.05) is 0 Å². The van der Waals surface area contributed by atoms with Gasteiger partial charge in [0.05, 0.1) is 5.71 Å². The van der Waals surface area contributed by atoms with E-state index < -0.39 is 26.7 Å². The van der Waals surface area contributed by atoms with Crippen molar-refractivity contribution in [3.8, 4) is 5.75 Å². The van der Waals surface area contributed by atoms with Crippen LogP contribution < -0.4 is 4.74 Å². The molecule has 0 saturated heterocycles. The molecule has 2 rings (SSSR count). The summed E-state index contributed by atoms with van der Waals surface area (Å²) in [6.45, 7) is -0.336. The molecule has 6 nitrogen and oxygen atoms in total. The van der Waals surface area contributed by atoms with Crippen LogP contribution in [0.5, 0.6) is 5.75 Å². The van der Waals surface area contributed by atoms with Crippen LogP contribution in [0.15, 0.2) is 39.6 Å². The third-order valence-corrected chi connectivity index (χ3v) is 3.56. The Morgan fingerprint density at radius 1 is 1.37 bits per heavy atom. The van der Waals surface area contributed by atoms with Crippen molar-refractivity contribution in [1.82, 2.24) is 0 Å². The lowest BCUT2D eigenvalue weighted by Crippen LogP contribution is -2.08. The molecule has 1 aromatic rings. The van der Waals surface area contributed by atoms with Crippen molar-refractivity contribution in [3.05, 3.63) is 41.1 Å². The molecule has 1 heterocycles. The van der Waals surface area contributed by atoms with Crippen molar-refractivity contribution in [1.29, 1.82) is 0 Å². The maximum atomic E-state index is 13.2. The first-order valence-corrected chi connectivity index (χ1v) is 6.50. The highest BCUT2D eigenvalue weighted by molar-refractivity contribution is 7.95. The lowest BCUT2D eigenvalue weighted by molar-refractivity contribution is -0.131. The average Bonchev–Trinajstić information content (AvgIpc) is 2.63. The molecule has 0 amide bonds. The van der Waals surface area contributed by atoms with E-state index in [1.807, 2.05) is 0 Å². The van der Waals surface area contributed by atoms with Crippen LogP contribution in [0.3, 0.4) is 0 Å². The first-order valence-electron chi connectivity index (χ1n) is 5.06. The second-order valence-electron chi connectivity index (χ2n) is 3.59. The molecule has 0 radical (unpaired) electrons. The SMILES string of the molecule is O=C(O)C1=CC(COc2ccccc2F)=NS1(=O)=O. The zero-order chi connectivity index (χ0) is 14.0. The van der Waals surface area contributed by atoms with Gasteiger partial charge in [-0.05, 0) is 18.2 Å². The first kappa shape index (κ1) is 13.2. The topological polar surface area (TPSA) is 93.0 Å². The van der Waals surface area contributed by atoms with Crippen LogP contribution >= 0.6 is 0 Å². The van der Waals surface area contributed by atoms with Gasteiger partial charge >= 0.3 is 5.97 Å². The molecular formula is C11H8FNO5S. The Kier molecular flexibility index (Phi) is 3.34. The Morgan fingerprint density at radius 2 is 2.05 bits per heavy atom. The summed E-state index contributed by atoms with van der Waals surface area (Å²) in [5, 5.41) is 8.67. The molecule has 8 heteroatoms. The van der Waals surface area contributed by atoms with Crippen LogP contribution in [0.1, 0.15) is 0 Å². The van der Waals surface area contributed by atoms with Crippen molar-refractivity contribution in [2.45, 2.75) is 0 Å². The van der Waals surface area contributed by atoms with Gasteiger partial charge < -0.3 is 9.84 Å². The van der Waals surface area contributed by atoms with E-state index in [9.17, 15) is 17.6 Å². The van der Waals surface area contributed by atoms with E-state index in [4.69, 9.17) is 9.84 Å². The monoisotopic (exact) mass is 285 g/mol. The minimum absolute atomic E-state index is 0.0697. The number of sulfonamides is 1. The summed E-state index contributed by atoms with van der Waals surface area (Å²) < 4.78 is 44.1. The van der Waals surface area contributed by atoms with Gasteiger partial charge in [-0.1, -0.05) is 12.1 Å². The fourth-order valence-electron chi connectivity index (χ4n) is 1.41. The van der Waals surface area contributed by atoms with Gasteiger partial charge in [-0.2, -0.15) is 12.8 Å². The van der Waals surface area contributed by atoms with Gasteiger partial charge in [0.2, 0.25) is 0 Å². The molecule has 0 unspecified atom stereocenters. The van der Waals surface area contributed by atoms with Crippen LogP contribution in [0.4, 0.5) is 4.39 Å². The second-order valence-corrected chi connectivity index (χ2v) is 5.16. The van der Waals surface area contributed by atoms with Gasteiger partial charge in [0.15, 0.2) is 16.5 Å². The number of para-hydroxylation sites is 1. The first-order chi connectivity index (χ1) is 8.90. The lowest BCUT2D eigenvalue weighted by atomic mass is 10.3. The highest BCUT2D eigenvalue weighted by atomic mass is 32.2. The number of aliphatic carboxylic acids is 1. The van der Waals surface area contributed by atoms with E-state index in [0.29, 0.717) is 0 Å². The Morgan fingerprint density at radius 3 is 2.63 bits per heavy atom. The average molecular weight is 285 g/mol. The zero-order valence-electron chi connectivity index (χ0n) is 9.41. The highest BCUT2D eigenvalue weighted by Gasteiger charge is 2.30. The Hall–Kier alpha value is -2.22. The summed E-state index contributed by atoms with van der Waals surface area (Å²) in [4.78, 5) is 9.85. The number of carbonyl (C=O) groups is 1. The van der Waals surface area contributed by atoms with E-state index in [2.05, 4.69) is 4.40 Å². The van der Waals surface area contributed by atoms with Crippen LogP contribution in [0.2, 0.25) is 0 Å². The molecule has 100 valence electrons. The predicted molar refractivity (Wildman–Crippen MR) is 64.0 cm³/mol. The Bertz CT molecular complexity index is 693. The number of halogens is 1. The molecule has 0 aliphatic carbocycles. The molecule has 19 heavy (non-hydrogen) atoms. The van der Waals surface area contributed by atoms with Gasteiger partial charge in [0.25, 0.3) is 10.0 Å². The second kappa shape index (κ2) is 4.81. The van der Waals surface area contributed by atoms with Gasteiger partial charge in [0.1, 0.15) is 6.61 Å². The van der Waals surface area contributed by atoms with Crippen molar-refractivity contribution >= 4 is 21.7 Å².